The number of ether oxygens (including phenoxy) is 1. The van der Waals surface area contributed by atoms with Gasteiger partial charge in [0.1, 0.15) is 5.84 Å². The van der Waals surface area contributed by atoms with E-state index in [2.05, 4.69) is 4.99 Å². The maximum Gasteiger partial charge on any atom is 0.435 e. The zero-order chi connectivity index (χ0) is 26.1. The van der Waals surface area contributed by atoms with Crippen molar-refractivity contribution in [3.05, 3.63) is 89.5 Å². The first-order valence-corrected chi connectivity index (χ1v) is 13.3. The minimum Gasteiger partial charge on any atom is -0.448 e. The Morgan fingerprint density at radius 3 is 2.28 bits per heavy atom. The van der Waals surface area contributed by atoms with Crippen molar-refractivity contribution < 1.29 is 22.7 Å². The Hall–Kier alpha value is -3.98. The van der Waals surface area contributed by atoms with Gasteiger partial charge in [0.05, 0.1) is 16.9 Å². The van der Waals surface area contributed by atoms with E-state index in [1.165, 1.54) is 6.26 Å². The number of rotatable bonds is 7. The molecule has 9 heteroatoms. The van der Waals surface area contributed by atoms with Crippen LogP contribution in [0.15, 0.2) is 82.7 Å². The average Bonchev–Trinajstić information content (AvgIpc) is 3.61. The van der Waals surface area contributed by atoms with Crippen molar-refractivity contribution >= 4 is 27.7 Å². The molecule has 2 unspecified atom stereocenters. The molecule has 0 bridgehead atoms. The molecule has 1 aliphatic carbocycles. The largest absolute Gasteiger partial charge is 0.448 e. The first kappa shape index (κ1) is 25.1. The highest BCUT2D eigenvalue weighted by Crippen LogP contribution is 2.61. The number of benzene rings is 3. The van der Waals surface area contributed by atoms with Gasteiger partial charge in [0, 0.05) is 23.3 Å². The molecule has 3 aromatic rings. The van der Waals surface area contributed by atoms with Crippen LogP contribution in [0.1, 0.15) is 36.0 Å². The van der Waals surface area contributed by atoms with E-state index in [4.69, 9.17) is 16.2 Å². The number of amidine groups is 1. The molecule has 2 atom stereocenters. The molecule has 2 amide bonds. The number of hydrogen-bond acceptors (Lipinski definition) is 5. The summed E-state index contributed by atoms with van der Waals surface area (Å²) in [5.41, 5.74) is 14.3. The summed E-state index contributed by atoms with van der Waals surface area (Å²) in [6.07, 6.45) is 0.834. The van der Waals surface area contributed by atoms with E-state index in [0.717, 1.165) is 11.1 Å². The van der Waals surface area contributed by atoms with Gasteiger partial charge in [0.15, 0.2) is 9.84 Å². The van der Waals surface area contributed by atoms with Crippen LogP contribution in [0.2, 0.25) is 0 Å². The van der Waals surface area contributed by atoms with Gasteiger partial charge < -0.3 is 16.2 Å². The van der Waals surface area contributed by atoms with Crippen LogP contribution < -0.4 is 11.5 Å². The monoisotopic (exact) mass is 505 g/mol. The zero-order valence-corrected chi connectivity index (χ0v) is 20.8. The number of amides is 2. The normalized spacial score (nSPS) is 19.5. The van der Waals surface area contributed by atoms with Crippen molar-refractivity contribution in [2.45, 2.75) is 29.6 Å². The third-order valence-electron chi connectivity index (χ3n) is 6.47. The zero-order valence-electron chi connectivity index (χ0n) is 20.0. The lowest BCUT2D eigenvalue weighted by atomic mass is 9.86. The molecule has 186 valence electrons. The lowest BCUT2D eigenvalue weighted by Gasteiger charge is -2.18. The number of nitrogens with two attached hydrogens (primary N) is 2. The molecule has 1 aliphatic rings. The molecule has 0 heterocycles. The summed E-state index contributed by atoms with van der Waals surface area (Å²) in [4.78, 5) is 28.7. The molecule has 4 N–H and O–H groups in total. The predicted octanol–water partition coefficient (Wildman–Crippen LogP) is 3.53. The molecule has 0 spiro atoms. The van der Waals surface area contributed by atoms with Crippen LogP contribution in [0.5, 0.6) is 0 Å². The summed E-state index contributed by atoms with van der Waals surface area (Å²) >= 11 is 0. The van der Waals surface area contributed by atoms with Crippen LogP contribution in [0, 0.1) is 0 Å². The van der Waals surface area contributed by atoms with Gasteiger partial charge in [-0.15, -0.1) is 0 Å². The van der Waals surface area contributed by atoms with Gasteiger partial charge in [-0.05, 0) is 36.1 Å². The Morgan fingerprint density at radius 1 is 1.00 bits per heavy atom. The summed E-state index contributed by atoms with van der Waals surface area (Å²) in [6, 6.07) is 21.2. The summed E-state index contributed by atoms with van der Waals surface area (Å²) in [6.45, 7) is 1.83. The number of carbonyl (C=O) groups is 2. The molecular formula is C27H27N3O5S. The molecule has 1 fully saturated rings. The van der Waals surface area contributed by atoms with Gasteiger partial charge in [-0.3, -0.25) is 4.79 Å². The topological polar surface area (TPSA) is 142 Å². The Bertz CT molecular complexity index is 1460. The van der Waals surface area contributed by atoms with Crippen LogP contribution in [-0.4, -0.2) is 39.1 Å². The van der Waals surface area contributed by atoms with Crippen LogP contribution >= 0.6 is 0 Å². The second kappa shape index (κ2) is 9.58. The van der Waals surface area contributed by atoms with Gasteiger partial charge in [-0.25, -0.2) is 13.2 Å². The van der Waals surface area contributed by atoms with E-state index in [1.54, 1.807) is 55.5 Å². The van der Waals surface area contributed by atoms with Gasteiger partial charge in [0.2, 0.25) is 5.91 Å². The number of hydrogen-bond donors (Lipinski definition) is 2. The molecule has 0 aromatic heterocycles. The van der Waals surface area contributed by atoms with E-state index in [9.17, 15) is 18.0 Å². The molecule has 0 saturated heterocycles. The molecule has 4 rings (SSSR count). The summed E-state index contributed by atoms with van der Waals surface area (Å²) in [7, 11) is -3.40. The van der Waals surface area contributed by atoms with Crippen LogP contribution in [0.25, 0.3) is 11.1 Å². The summed E-state index contributed by atoms with van der Waals surface area (Å²) in [5.74, 6) is -0.774. The standard InChI is InChI=1S/C27H27N3O5S/c1-3-35-26(32)30-24(28)20-9-4-6-10-21(20)27(25(29)31)16-22(27)18-14-12-17(13-15-18)19-8-5-7-11-23(19)36(2,33)34/h4-15,22H,3,16H2,1-2H3,(H2,29,31)(H2,28,30,32). The van der Waals surface area contributed by atoms with Crippen molar-refractivity contribution in [3.63, 3.8) is 0 Å². The average molecular weight is 506 g/mol. The Morgan fingerprint density at radius 2 is 1.64 bits per heavy atom. The fourth-order valence-corrected chi connectivity index (χ4v) is 5.61. The highest BCUT2D eigenvalue weighted by atomic mass is 32.2. The molecule has 36 heavy (non-hydrogen) atoms. The molecule has 3 aromatic carbocycles. The van der Waals surface area contributed by atoms with Gasteiger partial charge in [-0.1, -0.05) is 66.7 Å². The van der Waals surface area contributed by atoms with Gasteiger partial charge in [-0.2, -0.15) is 4.99 Å². The minimum absolute atomic E-state index is 0.0527. The van der Waals surface area contributed by atoms with Gasteiger partial charge >= 0.3 is 6.09 Å². The molecular weight excluding hydrogens is 478 g/mol. The molecule has 1 saturated carbocycles. The SMILES string of the molecule is CCOC(=O)/N=C(\N)c1ccccc1C1(C(N)=O)CC1c1ccc(-c2ccccc2S(C)(=O)=O)cc1. The maximum atomic E-state index is 12.8. The van der Waals surface area contributed by atoms with Crippen molar-refractivity contribution in [2.75, 3.05) is 12.9 Å². The quantitative estimate of drug-likeness (QED) is 0.372. The highest BCUT2D eigenvalue weighted by Gasteiger charge is 2.61. The lowest BCUT2D eigenvalue weighted by Crippen LogP contribution is -2.33. The fourth-order valence-electron chi connectivity index (χ4n) is 4.70. The molecule has 0 aliphatic heterocycles. The number of primary amides is 1. The second-order valence-corrected chi connectivity index (χ2v) is 10.7. The predicted molar refractivity (Wildman–Crippen MR) is 137 cm³/mol. The van der Waals surface area contributed by atoms with Crippen LogP contribution in [0.3, 0.4) is 0 Å². The Labute approximate surface area is 209 Å². The summed E-state index contributed by atoms with van der Waals surface area (Å²) in [5, 5.41) is 0. The number of aliphatic imine (C=N–C) groups is 1. The van der Waals surface area contributed by atoms with Crippen molar-refractivity contribution in [1.82, 2.24) is 0 Å². The first-order chi connectivity index (χ1) is 17.1. The Balaban J connectivity index is 1.70. The Kier molecular flexibility index (Phi) is 6.69. The second-order valence-electron chi connectivity index (χ2n) is 8.72. The van der Waals surface area contributed by atoms with E-state index in [-0.39, 0.29) is 23.3 Å². The third-order valence-corrected chi connectivity index (χ3v) is 7.63. The van der Waals surface area contributed by atoms with Gasteiger partial charge in [0.25, 0.3) is 0 Å². The maximum absolute atomic E-state index is 12.8. The van der Waals surface area contributed by atoms with E-state index >= 15 is 0 Å². The van der Waals surface area contributed by atoms with E-state index < -0.39 is 27.3 Å². The first-order valence-electron chi connectivity index (χ1n) is 11.4. The van der Waals surface area contributed by atoms with Crippen molar-refractivity contribution in [2.24, 2.45) is 16.5 Å². The van der Waals surface area contributed by atoms with E-state index in [0.29, 0.717) is 23.1 Å². The van der Waals surface area contributed by atoms with Crippen LogP contribution in [0.4, 0.5) is 4.79 Å². The molecule has 0 radical (unpaired) electrons. The van der Waals surface area contributed by atoms with Crippen molar-refractivity contribution in [3.8, 4) is 11.1 Å². The smallest absolute Gasteiger partial charge is 0.435 e. The summed E-state index contributed by atoms with van der Waals surface area (Å²) < 4.78 is 29.3. The highest BCUT2D eigenvalue weighted by molar-refractivity contribution is 7.90. The third kappa shape index (κ3) is 4.61. The lowest BCUT2D eigenvalue weighted by molar-refractivity contribution is -0.120. The number of nitrogens with zero attached hydrogens (tertiary/aromatic N) is 1. The minimum atomic E-state index is -3.40. The number of carbonyl (C=O) groups excluding carboxylic acids is 2. The fraction of sp³-hybridized carbons (Fsp3) is 0.222. The molecule has 8 nitrogen and oxygen atoms in total. The van der Waals surface area contributed by atoms with Crippen molar-refractivity contribution in [1.29, 1.82) is 0 Å². The van der Waals surface area contributed by atoms with Crippen LogP contribution in [-0.2, 0) is 24.8 Å². The van der Waals surface area contributed by atoms with E-state index in [1.807, 2.05) is 24.3 Å². The number of sulfone groups is 1.